The lowest BCUT2D eigenvalue weighted by atomic mass is 10.1. The van der Waals surface area contributed by atoms with E-state index in [1.165, 1.54) is 23.1 Å². The number of benzene rings is 3. The van der Waals surface area contributed by atoms with Crippen LogP contribution in [0.1, 0.15) is 38.3 Å². The van der Waals surface area contributed by atoms with E-state index < -0.39 is 28.5 Å². The molecule has 3 rings (SSSR count). The number of carbonyl (C=O) groups excluding carboxylic acids is 2. The second kappa shape index (κ2) is 12.9. The Kier molecular flexibility index (Phi) is 9.94. The minimum Gasteiger partial charge on any atom is -0.352 e. The molecule has 1 N–H and O–H groups in total. The molecule has 3 aromatic rings. The van der Waals surface area contributed by atoms with Gasteiger partial charge in [0, 0.05) is 17.6 Å². The molecule has 0 fully saturated rings. The van der Waals surface area contributed by atoms with Crippen molar-refractivity contribution >= 4 is 39.1 Å². The smallest absolute Gasteiger partial charge is 0.264 e. The van der Waals surface area contributed by atoms with Crippen LogP contribution in [0.15, 0.2) is 83.8 Å². The third-order valence-corrected chi connectivity index (χ3v) is 8.02. The van der Waals surface area contributed by atoms with E-state index in [0.29, 0.717) is 11.4 Å². The van der Waals surface area contributed by atoms with Crippen molar-refractivity contribution in [2.75, 3.05) is 10.8 Å². The Morgan fingerprint density at radius 1 is 0.947 bits per heavy atom. The Labute approximate surface area is 230 Å². The minimum absolute atomic E-state index is 0.0510. The van der Waals surface area contributed by atoms with Crippen molar-refractivity contribution in [3.63, 3.8) is 0 Å². The molecule has 3 aromatic carbocycles. The van der Waals surface area contributed by atoms with Crippen LogP contribution in [0.3, 0.4) is 0 Å². The maximum absolute atomic E-state index is 13.9. The van der Waals surface area contributed by atoms with Crippen molar-refractivity contribution in [2.45, 2.75) is 57.6 Å². The first-order valence-electron chi connectivity index (χ1n) is 12.5. The molecule has 0 aliphatic heterocycles. The molecule has 0 saturated heterocycles. The van der Waals surface area contributed by atoms with Crippen molar-refractivity contribution in [3.8, 4) is 0 Å². The fourth-order valence-corrected chi connectivity index (χ4v) is 5.67. The fraction of sp³-hybridized carbons (Fsp3) is 0.310. The lowest BCUT2D eigenvalue weighted by Gasteiger charge is -2.33. The van der Waals surface area contributed by atoms with Crippen LogP contribution in [-0.4, -0.2) is 43.8 Å². The van der Waals surface area contributed by atoms with Gasteiger partial charge in [0.15, 0.2) is 0 Å². The summed E-state index contributed by atoms with van der Waals surface area (Å²) in [5.74, 6) is -0.794. The van der Waals surface area contributed by atoms with Crippen LogP contribution < -0.4 is 9.62 Å². The van der Waals surface area contributed by atoms with Crippen molar-refractivity contribution in [3.05, 3.63) is 95.0 Å². The monoisotopic (exact) mass is 555 g/mol. The number of carbonyl (C=O) groups is 2. The van der Waals surface area contributed by atoms with Gasteiger partial charge in [-0.2, -0.15) is 0 Å². The van der Waals surface area contributed by atoms with Crippen LogP contribution in [0.4, 0.5) is 5.69 Å². The molecule has 202 valence electrons. The predicted molar refractivity (Wildman–Crippen MR) is 152 cm³/mol. The molecule has 7 nitrogen and oxygen atoms in total. The van der Waals surface area contributed by atoms with E-state index >= 15 is 0 Å². The normalized spacial score (nSPS) is 12.2. The van der Waals surface area contributed by atoms with Gasteiger partial charge in [0.1, 0.15) is 12.6 Å². The highest BCUT2D eigenvalue weighted by Crippen LogP contribution is 2.27. The molecule has 0 unspecified atom stereocenters. The Morgan fingerprint density at radius 3 is 2.18 bits per heavy atom. The highest BCUT2D eigenvalue weighted by Gasteiger charge is 2.33. The van der Waals surface area contributed by atoms with Crippen LogP contribution in [0, 0.1) is 6.92 Å². The molecule has 2 amide bonds. The number of aryl methyl sites for hydroxylation is 1. The summed E-state index contributed by atoms with van der Waals surface area (Å²) >= 11 is 6.21. The van der Waals surface area contributed by atoms with Gasteiger partial charge in [-0.3, -0.25) is 13.9 Å². The Morgan fingerprint density at radius 2 is 1.61 bits per heavy atom. The van der Waals surface area contributed by atoms with Crippen LogP contribution in [-0.2, 0) is 26.2 Å². The number of anilines is 1. The number of amides is 2. The van der Waals surface area contributed by atoms with E-state index in [0.717, 1.165) is 15.4 Å². The van der Waals surface area contributed by atoms with Gasteiger partial charge in [-0.25, -0.2) is 8.42 Å². The third-order valence-electron chi connectivity index (χ3n) is 6.00. The van der Waals surface area contributed by atoms with E-state index in [2.05, 4.69) is 5.32 Å². The molecule has 0 aliphatic carbocycles. The maximum atomic E-state index is 13.9. The minimum atomic E-state index is -4.13. The second-order valence-electron chi connectivity index (χ2n) is 9.40. The zero-order chi connectivity index (χ0) is 27.9. The fourth-order valence-electron chi connectivity index (χ4n) is 4.08. The number of halogens is 1. The van der Waals surface area contributed by atoms with Gasteiger partial charge >= 0.3 is 0 Å². The first-order valence-corrected chi connectivity index (χ1v) is 14.3. The summed E-state index contributed by atoms with van der Waals surface area (Å²) in [5.41, 5.74) is 1.99. The van der Waals surface area contributed by atoms with E-state index in [1.54, 1.807) is 30.3 Å². The average molecular weight is 556 g/mol. The molecular formula is C29H34ClN3O4S. The van der Waals surface area contributed by atoms with Crippen LogP contribution in [0.2, 0.25) is 5.02 Å². The number of nitrogens with zero attached hydrogens (tertiary/aromatic N) is 2. The third kappa shape index (κ3) is 7.36. The zero-order valence-corrected chi connectivity index (χ0v) is 23.7. The van der Waals surface area contributed by atoms with Gasteiger partial charge in [0.2, 0.25) is 11.8 Å². The summed E-state index contributed by atoms with van der Waals surface area (Å²) in [5, 5.41) is 3.22. The second-order valence-corrected chi connectivity index (χ2v) is 11.7. The van der Waals surface area contributed by atoms with Crippen molar-refractivity contribution in [1.82, 2.24) is 10.2 Å². The molecule has 0 radical (unpaired) electrons. The maximum Gasteiger partial charge on any atom is 0.264 e. The van der Waals surface area contributed by atoms with Gasteiger partial charge in [0.25, 0.3) is 10.0 Å². The number of rotatable bonds is 11. The SMILES string of the molecule is CC[C@H](C(=O)NC(C)C)N(Cc1ccccc1)C(=O)CN(c1cccc(Cl)c1)S(=O)(=O)c1ccc(C)cc1. The number of hydrogen-bond donors (Lipinski definition) is 1. The molecule has 0 aliphatic rings. The predicted octanol–water partition coefficient (Wildman–Crippen LogP) is 5.18. The number of nitrogens with one attached hydrogen (secondary N) is 1. The Bertz CT molecular complexity index is 1350. The first-order chi connectivity index (χ1) is 18.0. The quantitative estimate of drug-likeness (QED) is 0.353. The van der Waals surface area contributed by atoms with E-state index in [1.807, 2.05) is 58.0 Å². The molecule has 9 heteroatoms. The summed E-state index contributed by atoms with van der Waals surface area (Å²) in [4.78, 5) is 28.6. The number of sulfonamides is 1. The number of hydrogen-bond acceptors (Lipinski definition) is 4. The van der Waals surface area contributed by atoms with Gasteiger partial charge in [-0.05, 0) is 63.1 Å². The van der Waals surface area contributed by atoms with E-state index in [-0.39, 0.29) is 29.1 Å². The summed E-state index contributed by atoms with van der Waals surface area (Å²) in [7, 11) is -4.13. The van der Waals surface area contributed by atoms with Crippen LogP contribution in [0.25, 0.3) is 0 Å². The summed E-state index contributed by atoms with van der Waals surface area (Å²) in [6.45, 7) is 7.04. The van der Waals surface area contributed by atoms with Crippen LogP contribution >= 0.6 is 11.6 Å². The molecule has 0 bridgehead atoms. The van der Waals surface area contributed by atoms with Crippen LogP contribution in [0.5, 0.6) is 0 Å². The van der Waals surface area contributed by atoms with Gasteiger partial charge in [-0.15, -0.1) is 0 Å². The van der Waals surface area contributed by atoms with E-state index in [9.17, 15) is 18.0 Å². The topological polar surface area (TPSA) is 86.8 Å². The molecule has 0 heterocycles. The van der Waals surface area contributed by atoms with Gasteiger partial charge < -0.3 is 10.2 Å². The highest BCUT2D eigenvalue weighted by molar-refractivity contribution is 7.92. The lowest BCUT2D eigenvalue weighted by molar-refractivity contribution is -0.140. The summed E-state index contributed by atoms with van der Waals surface area (Å²) in [6.07, 6.45) is 0.360. The lowest BCUT2D eigenvalue weighted by Crippen LogP contribution is -2.53. The molecular weight excluding hydrogens is 522 g/mol. The Balaban J connectivity index is 2.05. The van der Waals surface area contributed by atoms with E-state index in [4.69, 9.17) is 11.6 Å². The van der Waals surface area contributed by atoms with Crippen molar-refractivity contribution in [2.24, 2.45) is 0 Å². The molecule has 0 spiro atoms. The Hall–Kier alpha value is -3.36. The standard InChI is InChI=1S/C29H34ClN3O4S/c1-5-27(29(35)31-21(2)3)32(19-23-10-7-6-8-11-23)28(34)20-33(25-13-9-12-24(30)18-25)38(36,37)26-16-14-22(4)15-17-26/h6-18,21,27H,5,19-20H2,1-4H3,(H,31,35)/t27-/m1/s1. The van der Waals surface area contributed by atoms with Crippen molar-refractivity contribution < 1.29 is 18.0 Å². The molecule has 38 heavy (non-hydrogen) atoms. The zero-order valence-electron chi connectivity index (χ0n) is 22.1. The summed E-state index contributed by atoms with van der Waals surface area (Å²) in [6, 6.07) is 21.2. The molecule has 0 aromatic heterocycles. The average Bonchev–Trinajstić information content (AvgIpc) is 2.87. The van der Waals surface area contributed by atoms with Crippen molar-refractivity contribution in [1.29, 1.82) is 0 Å². The largest absolute Gasteiger partial charge is 0.352 e. The molecule has 1 atom stereocenters. The highest BCUT2D eigenvalue weighted by atomic mass is 35.5. The molecule has 0 saturated carbocycles. The first kappa shape index (κ1) is 29.2. The van der Waals surface area contributed by atoms with Gasteiger partial charge in [0.05, 0.1) is 10.6 Å². The van der Waals surface area contributed by atoms with Gasteiger partial charge in [-0.1, -0.05) is 72.6 Å². The summed E-state index contributed by atoms with van der Waals surface area (Å²) < 4.78 is 28.7.